The van der Waals surface area contributed by atoms with Gasteiger partial charge in [0.15, 0.2) is 0 Å². The molecule has 0 fully saturated rings. The van der Waals surface area contributed by atoms with Crippen molar-refractivity contribution in [1.82, 2.24) is 5.32 Å². The van der Waals surface area contributed by atoms with Crippen LogP contribution in [-0.2, 0) is 14.3 Å². The Kier molecular flexibility index (Phi) is 50.6. The van der Waals surface area contributed by atoms with Gasteiger partial charge in [0, 0.05) is 6.42 Å². The Labute approximate surface area is 403 Å². The van der Waals surface area contributed by atoms with Gasteiger partial charge in [-0.25, -0.2) is 0 Å². The SMILES string of the molecule is CCCCC/C=C\C/C=C\CCCCCCCC(CC(=O)NC(CO)C(O)CCCCCCCCCCCCCCC)OC(=O)CCCCCCC/C=C/C=C/C=C/CCCCCCC. The Hall–Kier alpha value is -2.44. The van der Waals surface area contributed by atoms with Crippen LogP contribution in [0.4, 0.5) is 0 Å². The van der Waals surface area contributed by atoms with Crippen molar-refractivity contribution >= 4 is 11.9 Å². The van der Waals surface area contributed by atoms with E-state index in [0.717, 1.165) is 89.9 Å². The van der Waals surface area contributed by atoms with Gasteiger partial charge in [0.05, 0.1) is 25.2 Å². The number of allylic oxidation sites excluding steroid dienone is 10. The number of ether oxygens (including phenoxy) is 1. The predicted molar refractivity (Wildman–Crippen MR) is 282 cm³/mol. The van der Waals surface area contributed by atoms with E-state index in [2.05, 4.69) is 86.8 Å². The fraction of sp³-hybridized carbons (Fsp3) is 0.797. The molecule has 378 valence electrons. The third-order valence-electron chi connectivity index (χ3n) is 12.6. The quantitative estimate of drug-likeness (QED) is 0.0245. The Morgan fingerprint density at radius 2 is 0.846 bits per heavy atom. The second-order valence-electron chi connectivity index (χ2n) is 19.0. The summed E-state index contributed by atoms with van der Waals surface area (Å²) in [6, 6.07) is -0.712. The molecule has 0 spiro atoms. The molecular formula is C59H107NO5. The van der Waals surface area contributed by atoms with Crippen molar-refractivity contribution in [2.45, 2.75) is 296 Å². The molecule has 6 heteroatoms. The molecule has 0 aliphatic rings. The van der Waals surface area contributed by atoms with Gasteiger partial charge in [0.1, 0.15) is 6.10 Å². The van der Waals surface area contributed by atoms with Crippen molar-refractivity contribution in [3.63, 3.8) is 0 Å². The molecule has 0 rings (SSSR count). The zero-order valence-corrected chi connectivity index (χ0v) is 43.1. The molecule has 0 aliphatic carbocycles. The lowest BCUT2D eigenvalue weighted by molar-refractivity contribution is -0.151. The van der Waals surface area contributed by atoms with E-state index >= 15 is 0 Å². The van der Waals surface area contributed by atoms with Gasteiger partial charge >= 0.3 is 5.97 Å². The van der Waals surface area contributed by atoms with Gasteiger partial charge in [-0.05, 0) is 83.5 Å². The lowest BCUT2D eigenvalue weighted by atomic mass is 10.0. The fourth-order valence-corrected chi connectivity index (χ4v) is 8.34. The highest BCUT2D eigenvalue weighted by molar-refractivity contribution is 5.77. The molecule has 0 saturated heterocycles. The number of amides is 1. The van der Waals surface area contributed by atoms with Gasteiger partial charge < -0.3 is 20.3 Å². The largest absolute Gasteiger partial charge is 0.462 e. The Morgan fingerprint density at radius 1 is 0.462 bits per heavy atom. The summed E-state index contributed by atoms with van der Waals surface area (Å²) in [5.74, 6) is -0.505. The molecule has 0 aromatic rings. The van der Waals surface area contributed by atoms with Crippen LogP contribution in [0.15, 0.2) is 60.8 Å². The number of aliphatic hydroxyl groups is 2. The van der Waals surface area contributed by atoms with Crippen LogP contribution in [0, 0.1) is 0 Å². The molecule has 6 nitrogen and oxygen atoms in total. The highest BCUT2D eigenvalue weighted by atomic mass is 16.5. The first-order valence-corrected chi connectivity index (χ1v) is 28.0. The number of esters is 1. The molecule has 0 heterocycles. The van der Waals surface area contributed by atoms with Crippen LogP contribution in [-0.4, -0.2) is 46.9 Å². The molecule has 3 unspecified atom stereocenters. The first kappa shape index (κ1) is 62.6. The minimum absolute atomic E-state index is 0.0592. The minimum atomic E-state index is -0.797. The Balaban J connectivity index is 4.63. The summed E-state index contributed by atoms with van der Waals surface area (Å²) in [6.45, 7) is 6.45. The highest BCUT2D eigenvalue weighted by Gasteiger charge is 2.24. The second-order valence-corrected chi connectivity index (χ2v) is 19.0. The van der Waals surface area contributed by atoms with E-state index in [1.54, 1.807) is 0 Å². The normalized spacial score (nSPS) is 13.6. The van der Waals surface area contributed by atoms with Crippen LogP contribution < -0.4 is 5.32 Å². The number of carbonyl (C=O) groups is 2. The molecule has 3 N–H and O–H groups in total. The number of carbonyl (C=O) groups excluding carboxylic acids is 2. The topological polar surface area (TPSA) is 95.9 Å². The van der Waals surface area contributed by atoms with Crippen LogP contribution in [0.2, 0.25) is 0 Å². The molecule has 0 aromatic carbocycles. The van der Waals surface area contributed by atoms with Gasteiger partial charge in [-0.15, -0.1) is 0 Å². The van der Waals surface area contributed by atoms with E-state index in [4.69, 9.17) is 4.74 Å². The smallest absolute Gasteiger partial charge is 0.306 e. The lowest BCUT2D eigenvalue weighted by Crippen LogP contribution is -2.46. The number of unbranched alkanes of at least 4 members (excludes halogenated alkanes) is 30. The van der Waals surface area contributed by atoms with Crippen LogP contribution in [0.3, 0.4) is 0 Å². The summed E-state index contributed by atoms with van der Waals surface area (Å²) in [4.78, 5) is 26.2. The zero-order valence-electron chi connectivity index (χ0n) is 43.1. The van der Waals surface area contributed by atoms with Crippen LogP contribution >= 0.6 is 0 Å². The maximum Gasteiger partial charge on any atom is 0.306 e. The Bertz CT molecular complexity index is 1160. The minimum Gasteiger partial charge on any atom is -0.462 e. The van der Waals surface area contributed by atoms with Crippen LogP contribution in [0.1, 0.15) is 278 Å². The third kappa shape index (κ3) is 47.8. The van der Waals surface area contributed by atoms with E-state index in [1.165, 1.54) is 141 Å². The standard InChI is InChI=1S/C59H107NO5/c1-4-7-10-13-16-19-22-25-27-28-29-31-34-37-40-43-46-49-52-59(64)65-55(50-47-44-41-38-35-33-30-26-23-20-17-14-11-8-5-2)53-58(63)60-56(54-61)57(62)51-48-45-42-39-36-32-24-21-18-15-12-9-6-3/h17,20,22,25-31,55-57,61-62H,4-16,18-19,21,23-24,32-54H2,1-3H3,(H,60,63)/b20-17-,25-22+,28-27+,30-26-,31-29+. The molecule has 1 amide bonds. The van der Waals surface area contributed by atoms with E-state index in [1.807, 2.05) is 0 Å². The van der Waals surface area contributed by atoms with Crippen molar-refractivity contribution in [2.24, 2.45) is 0 Å². The van der Waals surface area contributed by atoms with E-state index in [-0.39, 0.29) is 24.9 Å². The maximum absolute atomic E-state index is 13.2. The Morgan fingerprint density at radius 3 is 1.32 bits per heavy atom. The zero-order chi connectivity index (χ0) is 47.4. The van der Waals surface area contributed by atoms with Gasteiger partial charge in [0.2, 0.25) is 5.91 Å². The molecule has 3 atom stereocenters. The average Bonchev–Trinajstić information content (AvgIpc) is 3.30. The number of aliphatic hydroxyl groups excluding tert-OH is 2. The van der Waals surface area contributed by atoms with Crippen LogP contribution in [0.25, 0.3) is 0 Å². The van der Waals surface area contributed by atoms with E-state index in [9.17, 15) is 19.8 Å². The predicted octanol–water partition coefficient (Wildman–Crippen LogP) is 17.2. The molecule has 0 aromatic heterocycles. The molecule has 0 radical (unpaired) electrons. The lowest BCUT2D eigenvalue weighted by Gasteiger charge is -2.24. The first-order chi connectivity index (χ1) is 32.0. The van der Waals surface area contributed by atoms with Gasteiger partial charge in [0.25, 0.3) is 0 Å². The summed E-state index contributed by atoms with van der Waals surface area (Å²) in [5, 5.41) is 23.8. The van der Waals surface area contributed by atoms with Crippen molar-refractivity contribution in [1.29, 1.82) is 0 Å². The molecular weight excluding hydrogens is 803 g/mol. The number of hydrogen-bond donors (Lipinski definition) is 3. The fourth-order valence-electron chi connectivity index (χ4n) is 8.34. The third-order valence-corrected chi connectivity index (χ3v) is 12.6. The number of rotatable bonds is 50. The summed E-state index contributed by atoms with van der Waals surface area (Å²) in [5.41, 5.74) is 0. The van der Waals surface area contributed by atoms with E-state index < -0.39 is 18.2 Å². The maximum atomic E-state index is 13.2. The highest BCUT2D eigenvalue weighted by Crippen LogP contribution is 2.18. The molecule has 0 aliphatic heterocycles. The average molecular weight is 911 g/mol. The number of hydrogen-bond acceptors (Lipinski definition) is 5. The summed E-state index contributed by atoms with van der Waals surface area (Å²) < 4.78 is 5.94. The van der Waals surface area contributed by atoms with Crippen molar-refractivity contribution in [2.75, 3.05) is 6.61 Å². The molecule has 65 heavy (non-hydrogen) atoms. The van der Waals surface area contributed by atoms with Gasteiger partial charge in [-0.1, -0.05) is 242 Å². The first-order valence-electron chi connectivity index (χ1n) is 28.0. The van der Waals surface area contributed by atoms with Crippen LogP contribution in [0.5, 0.6) is 0 Å². The van der Waals surface area contributed by atoms with Crippen molar-refractivity contribution in [3.8, 4) is 0 Å². The van der Waals surface area contributed by atoms with Gasteiger partial charge in [-0.2, -0.15) is 0 Å². The molecule has 0 bridgehead atoms. The monoisotopic (exact) mass is 910 g/mol. The second kappa shape index (κ2) is 52.5. The van der Waals surface area contributed by atoms with E-state index in [0.29, 0.717) is 19.3 Å². The van der Waals surface area contributed by atoms with Gasteiger partial charge in [-0.3, -0.25) is 9.59 Å². The number of nitrogens with one attached hydrogen (secondary N) is 1. The van der Waals surface area contributed by atoms with Crippen molar-refractivity contribution in [3.05, 3.63) is 60.8 Å². The molecule has 0 saturated carbocycles. The summed E-state index contributed by atoms with van der Waals surface area (Å²) in [6.07, 6.45) is 65.6. The van der Waals surface area contributed by atoms with Crippen molar-refractivity contribution < 1.29 is 24.5 Å². The summed E-state index contributed by atoms with van der Waals surface area (Å²) in [7, 11) is 0. The summed E-state index contributed by atoms with van der Waals surface area (Å²) >= 11 is 0.